The summed E-state index contributed by atoms with van der Waals surface area (Å²) in [6.07, 6.45) is 0. The fourth-order valence-corrected chi connectivity index (χ4v) is 2.23. The summed E-state index contributed by atoms with van der Waals surface area (Å²) in [5.41, 5.74) is 3.23. The molecule has 0 fully saturated rings. The number of tetrazole rings is 1. The lowest BCUT2D eigenvalue weighted by atomic mass is 10.0. The zero-order chi connectivity index (χ0) is 12.3. The van der Waals surface area contributed by atoms with E-state index in [2.05, 4.69) is 25.6 Å². The van der Waals surface area contributed by atoms with Gasteiger partial charge in [-0.2, -0.15) is 0 Å². The average molecular weight is 238 g/mol. The number of aromatic nitrogens is 6. The SMILES string of the molecule is Cc1cccc2c1C(=O)c1nc3nnnn3nc1-2. The van der Waals surface area contributed by atoms with Gasteiger partial charge in [-0.15, -0.1) is 5.10 Å². The van der Waals surface area contributed by atoms with Gasteiger partial charge < -0.3 is 0 Å². The molecule has 0 unspecified atom stereocenters. The van der Waals surface area contributed by atoms with Gasteiger partial charge in [0.15, 0.2) is 0 Å². The molecule has 0 saturated heterocycles. The maximum Gasteiger partial charge on any atom is 0.292 e. The summed E-state index contributed by atoms with van der Waals surface area (Å²) in [5, 5.41) is 15.1. The molecular weight excluding hydrogens is 232 g/mol. The number of ketones is 1. The Morgan fingerprint density at radius 3 is 3.00 bits per heavy atom. The topological polar surface area (TPSA) is 85.9 Å². The summed E-state index contributed by atoms with van der Waals surface area (Å²) < 4.78 is 1.23. The highest BCUT2D eigenvalue weighted by Gasteiger charge is 2.32. The van der Waals surface area contributed by atoms with Crippen LogP contribution in [0, 0.1) is 6.92 Å². The summed E-state index contributed by atoms with van der Waals surface area (Å²) in [7, 11) is 0. The van der Waals surface area contributed by atoms with Crippen molar-refractivity contribution in [3.63, 3.8) is 0 Å². The molecule has 7 heteroatoms. The molecule has 0 atom stereocenters. The summed E-state index contributed by atoms with van der Waals surface area (Å²) in [6, 6.07) is 5.65. The molecule has 0 saturated carbocycles. The lowest BCUT2D eigenvalue weighted by molar-refractivity contribution is 0.103. The number of benzene rings is 1. The first kappa shape index (κ1) is 9.34. The molecule has 1 aliphatic carbocycles. The van der Waals surface area contributed by atoms with E-state index in [1.165, 1.54) is 4.63 Å². The molecule has 18 heavy (non-hydrogen) atoms. The molecule has 4 rings (SSSR count). The van der Waals surface area contributed by atoms with Crippen molar-refractivity contribution in [2.75, 3.05) is 0 Å². The van der Waals surface area contributed by atoms with E-state index in [1.807, 2.05) is 25.1 Å². The van der Waals surface area contributed by atoms with Gasteiger partial charge in [0.05, 0.1) is 0 Å². The monoisotopic (exact) mass is 238 g/mol. The molecule has 86 valence electrons. The van der Waals surface area contributed by atoms with Gasteiger partial charge in [-0.3, -0.25) is 4.79 Å². The first-order valence-electron chi connectivity index (χ1n) is 5.37. The van der Waals surface area contributed by atoms with Crippen molar-refractivity contribution in [1.82, 2.24) is 30.2 Å². The van der Waals surface area contributed by atoms with Gasteiger partial charge in [0, 0.05) is 11.1 Å². The molecular formula is C11H6N6O. The predicted octanol–water partition coefficient (Wildman–Crippen LogP) is 0.434. The minimum absolute atomic E-state index is 0.115. The van der Waals surface area contributed by atoms with Gasteiger partial charge in [0.25, 0.3) is 5.78 Å². The summed E-state index contributed by atoms with van der Waals surface area (Å²) in [5.74, 6) is 0.114. The largest absolute Gasteiger partial charge is 0.292 e. The zero-order valence-corrected chi connectivity index (χ0v) is 9.32. The minimum atomic E-state index is -0.115. The second-order valence-electron chi connectivity index (χ2n) is 4.10. The molecule has 0 aliphatic heterocycles. The van der Waals surface area contributed by atoms with Crippen molar-refractivity contribution in [2.24, 2.45) is 0 Å². The quantitative estimate of drug-likeness (QED) is 0.441. The van der Waals surface area contributed by atoms with Crippen LogP contribution in [0.15, 0.2) is 18.2 Å². The van der Waals surface area contributed by atoms with Crippen molar-refractivity contribution in [1.29, 1.82) is 0 Å². The first-order valence-corrected chi connectivity index (χ1v) is 5.37. The van der Waals surface area contributed by atoms with E-state index in [-0.39, 0.29) is 11.6 Å². The Hall–Kier alpha value is -2.70. The maximum absolute atomic E-state index is 12.3. The number of aryl methyl sites for hydroxylation is 1. The molecule has 0 amide bonds. The first-order chi connectivity index (χ1) is 8.75. The molecule has 0 radical (unpaired) electrons. The van der Waals surface area contributed by atoms with E-state index < -0.39 is 0 Å². The van der Waals surface area contributed by atoms with Crippen LogP contribution in [0.1, 0.15) is 21.6 Å². The Balaban J connectivity index is 2.15. The molecule has 0 N–H and O–H groups in total. The second-order valence-corrected chi connectivity index (χ2v) is 4.10. The molecule has 0 spiro atoms. The fourth-order valence-electron chi connectivity index (χ4n) is 2.23. The van der Waals surface area contributed by atoms with Crippen LogP contribution in [-0.2, 0) is 0 Å². The van der Waals surface area contributed by atoms with Crippen molar-refractivity contribution in [2.45, 2.75) is 6.92 Å². The summed E-state index contributed by atoms with van der Waals surface area (Å²) >= 11 is 0. The van der Waals surface area contributed by atoms with E-state index in [4.69, 9.17) is 0 Å². The third kappa shape index (κ3) is 0.981. The standard InChI is InChI=1S/C11H6N6O/c1-5-3-2-4-6-7(5)10(18)9-8(6)14-17-11(12-9)13-15-16-17/h2-4H,1H3. The van der Waals surface area contributed by atoms with Crippen molar-refractivity contribution in [3.05, 3.63) is 35.0 Å². The second kappa shape index (κ2) is 2.95. The van der Waals surface area contributed by atoms with Crippen molar-refractivity contribution < 1.29 is 4.79 Å². The van der Waals surface area contributed by atoms with Crippen LogP contribution in [0.4, 0.5) is 0 Å². The van der Waals surface area contributed by atoms with E-state index in [0.717, 1.165) is 11.1 Å². The van der Waals surface area contributed by atoms with Crippen LogP contribution in [0.2, 0.25) is 0 Å². The smallest absolute Gasteiger partial charge is 0.287 e. The fraction of sp³-hybridized carbons (Fsp3) is 0.0909. The zero-order valence-electron chi connectivity index (χ0n) is 9.32. The molecule has 0 bridgehead atoms. The Morgan fingerprint density at radius 2 is 2.11 bits per heavy atom. The van der Waals surface area contributed by atoms with Gasteiger partial charge in [-0.25, -0.2) is 4.98 Å². The third-order valence-electron chi connectivity index (χ3n) is 3.04. The van der Waals surface area contributed by atoms with Crippen LogP contribution in [0.5, 0.6) is 0 Å². The van der Waals surface area contributed by atoms with Crippen molar-refractivity contribution in [3.8, 4) is 11.3 Å². The number of nitrogens with zero attached hydrogens (tertiary/aromatic N) is 6. The molecule has 2 aromatic heterocycles. The van der Waals surface area contributed by atoms with Gasteiger partial charge >= 0.3 is 0 Å². The van der Waals surface area contributed by atoms with Crippen molar-refractivity contribution >= 4 is 11.6 Å². The highest BCUT2D eigenvalue weighted by Crippen LogP contribution is 2.35. The summed E-state index contributed by atoms with van der Waals surface area (Å²) in [6.45, 7) is 1.90. The number of carbonyl (C=O) groups is 1. The van der Waals surface area contributed by atoms with E-state index >= 15 is 0 Å². The number of hydrogen-bond acceptors (Lipinski definition) is 6. The molecule has 3 aromatic rings. The number of hydrogen-bond donors (Lipinski definition) is 0. The van der Waals surface area contributed by atoms with Crippen LogP contribution < -0.4 is 0 Å². The van der Waals surface area contributed by atoms with Gasteiger partial charge in [-0.05, 0) is 22.9 Å². The van der Waals surface area contributed by atoms with Gasteiger partial charge in [-0.1, -0.05) is 27.9 Å². The van der Waals surface area contributed by atoms with E-state index in [1.54, 1.807) is 0 Å². The maximum atomic E-state index is 12.3. The average Bonchev–Trinajstić information content (AvgIpc) is 2.92. The Morgan fingerprint density at radius 1 is 1.22 bits per heavy atom. The number of rotatable bonds is 0. The highest BCUT2D eigenvalue weighted by atomic mass is 16.1. The molecule has 1 aromatic carbocycles. The molecule has 7 nitrogen and oxygen atoms in total. The lowest BCUT2D eigenvalue weighted by Gasteiger charge is -2.00. The lowest BCUT2D eigenvalue weighted by Crippen LogP contribution is -2.05. The third-order valence-corrected chi connectivity index (χ3v) is 3.04. The van der Waals surface area contributed by atoms with Crippen LogP contribution in [-0.4, -0.2) is 36.0 Å². The Kier molecular flexibility index (Phi) is 1.53. The van der Waals surface area contributed by atoms with Crippen LogP contribution >= 0.6 is 0 Å². The normalized spacial score (nSPS) is 12.8. The number of carbonyl (C=O) groups excluding carboxylic acids is 1. The minimum Gasteiger partial charge on any atom is -0.287 e. The van der Waals surface area contributed by atoms with Gasteiger partial charge in [0.2, 0.25) is 5.78 Å². The molecule has 2 heterocycles. The van der Waals surface area contributed by atoms with E-state index in [0.29, 0.717) is 17.0 Å². The summed E-state index contributed by atoms with van der Waals surface area (Å²) in [4.78, 5) is 16.5. The van der Waals surface area contributed by atoms with Crippen LogP contribution in [0.25, 0.3) is 17.0 Å². The van der Waals surface area contributed by atoms with Crippen LogP contribution in [0.3, 0.4) is 0 Å². The highest BCUT2D eigenvalue weighted by molar-refractivity contribution is 6.20. The van der Waals surface area contributed by atoms with E-state index in [9.17, 15) is 4.79 Å². The molecule has 1 aliphatic rings. The van der Waals surface area contributed by atoms with Gasteiger partial charge in [0.1, 0.15) is 11.4 Å². The predicted molar refractivity (Wildman–Crippen MR) is 60.0 cm³/mol. The number of fused-ring (bicyclic) bond motifs is 4. The Bertz CT molecular complexity index is 822. The Labute approximate surface area is 100 Å².